The van der Waals surface area contributed by atoms with Crippen LogP contribution in [0.2, 0.25) is 0 Å². The molecule has 2 aliphatic heterocycles. The van der Waals surface area contributed by atoms with E-state index in [1.807, 2.05) is 0 Å². The number of rotatable bonds is 4. The Balaban J connectivity index is 1.27. The average Bonchev–Trinajstić information content (AvgIpc) is 2.87. The van der Waals surface area contributed by atoms with Crippen LogP contribution >= 0.6 is 0 Å². The second-order valence-corrected chi connectivity index (χ2v) is 11.0. The predicted molar refractivity (Wildman–Crippen MR) is 102 cm³/mol. The summed E-state index contributed by atoms with van der Waals surface area (Å²) in [6, 6.07) is 0.749. The lowest BCUT2D eigenvalue weighted by atomic mass is 9.66. The fourth-order valence-electron chi connectivity index (χ4n) is 6.61. The smallest absolute Gasteiger partial charge is 0.0156 e. The van der Waals surface area contributed by atoms with E-state index < -0.39 is 0 Å². The van der Waals surface area contributed by atoms with Gasteiger partial charge in [0.1, 0.15) is 0 Å². The van der Waals surface area contributed by atoms with Gasteiger partial charge in [0.15, 0.2) is 0 Å². The average molecular weight is 333 g/mol. The van der Waals surface area contributed by atoms with Crippen molar-refractivity contribution in [2.24, 2.45) is 16.7 Å². The van der Waals surface area contributed by atoms with Crippen molar-refractivity contribution in [2.45, 2.75) is 97.1 Å². The van der Waals surface area contributed by atoms with Crippen LogP contribution in [0.25, 0.3) is 0 Å². The molecule has 2 saturated heterocycles. The van der Waals surface area contributed by atoms with Crippen molar-refractivity contribution in [3.8, 4) is 0 Å². The highest BCUT2D eigenvalue weighted by Gasteiger charge is 2.52. The van der Waals surface area contributed by atoms with Crippen LogP contribution in [0.4, 0.5) is 0 Å². The molecule has 1 atom stereocenters. The summed E-state index contributed by atoms with van der Waals surface area (Å²) in [6.07, 6.45) is 13.4. The summed E-state index contributed by atoms with van der Waals surface area (Å²) in [7, 11) is 0. The van der Waals surface area contributed by atoms with E-state index in [9.17, 15) is 0 Å². The van der Waals surface area contributed by atoms with Crippen molar-refractivity contribution < 1.29 is 0 Å². The van der Waals surface area contributed by atoms with Crippen molar-refractivity contribution in [3.05, 3.63) is 0 Å². The van der Waals surface area contributed by atoms with E-state index in [1.54, 1.807) is 0 Å². The Kier molecular flexibility index (Phi) is 4.32. The van der Waals surface area contributed by atoms with Crippen molar-refractivity contribution in [1.82, 2.24) is 9.80 Å². The molecule has 138 valence electrons. The van der Waals surface area contributed by atoms with Crippen molar-refractivity contribution in [1.29, 1.82) is 0 Å². The van der Waals surface area contributed by atoms with Gasteiger partial charge < -0.3 is 0 Å². The van der Waals surface area contributed by atoms with E-state index in [-0.39, 0.29) is 0 Å². The standard InChI is InChI=1S/C22H40N2/c1-18(2)23-14-22(15-23)11-8-19(13-22)12-20(3,4)24-16-21(17-24)9-6-5-7-10-21/h18-19H,5-17H2,1-4H3. The Morgan fingerprint density at radius 2 is 1.58 bits per heavy atom. The van der Waals surface area contributed by atoms with Gasteiger partial charge in [0.05, 0.1) is 0 Å². The predicted octanol–water partition coefficient (Wildman–Crippen LogP) is 4.93. The summed E-state index contributed by atoms with van der Waals surface area (Å²) in [5.41, 5.74) is 1.88. The van der Waals surface area contributed by atoms with Crippen LogP contribution < -0.4 is 0 Å². The minimum atomic E-state index is 0.431. The third-order valence-corrected chi connectivity index (χ3v) is 8.22. The first-order valence-corrected chi connectivity index (χ1v) is 10.8. The number of hydrogen-bond acceptors (Lipinski definition) is 2. The van der Waals surface area contributed by atoms with Gasteiger partial charge in [-0.2, -0.15) is 0 Å². The molecule has 0 radical (unpaired) electrons. The fourth-order valence-corrected chi connectivity index (χ4v) is 6.61. The molecular weight excluding hydrogens is 292 g/mol. The number of hydrogen-bond donors (Lipinski definition) is 0. The SMILES string of the molecule is CC(C)N1CC2(CCC(CC(C)(C)N3CC4(CCCCC4)C3)C2)C1. The fraction of sp³-hybridized carbons (Fsp3) is 1.00. The maximum Gasteiger partial charge on any atom is 0.0156 e. The van der Waals surface area contributed by atoms with Gasteiger partial charge in [-0.15, -0.1) is 0 Å². The molecule has 0 aromatic carbocycles. The Labute approximate surface area is 150 Å². The first-order valence-electron chi connectivity index (χ1n) is 10.8. The van der Waals surface area contributed by atoms with Gasteiger partial charge in [-0.1, -0.05) is 19.3 Å². The molecule has 0 amide bonds. The van der Waals surface area contributed by atoms with Crippen LogP contribution in [0.15, 0.2) is 0 Å². The normalized spacial score (nSPS) is 33.1. The highest BCUT2D eigenvalue weighted by Crippen LogP contribution is 2.52. The quantitative estimate of drug-likeness (QED) is 0.720. The lowest BCUT2D eigenvalue weighted by molar-refractivity contribution is -0.0923. The van der Waals surface area contributed by atoms with Gasteiger partial charge in [0, 0.05) is 37.8 Å². The zero-order valence-corrected chi connectivity index (χ0v) is 16.7. The molecule has 2 heteroatoms. The van der Waals surface area contributed by atoms with Crippen molar-refractivity contribution >= 4 is 0 Å². The summed E-state index contributed by atoms with van der Waals surface area (Å²) in [6.45, 7) is 15.4. The Hall–Kier alpha value is -0.0800. The largest absolute Gasteiger partial charge is 0.300 e. The molecule has 4 rings (SSSR count). The molecule has 1 unspecified atom stereocenters. The van der Waals surface area contributed by atoms with Crippen LogP contribution in [0, 0.1) is 16.7 Å². The third-order valence-electron chi connectivity index (χ3n) is 8.22. The van der Waals surface area contributed by atoms with E-state index in [4.69, 9.17) is 0 Å². The zero-order chi connectivity index (χ0) is 17.0. The molecule has 4 aliphatic rings. The molecule has 0 N–H and O–H groups in total. The first kappa shape index (κ1) is 17.3. The van der Waals surface area contributed by atoms with Crippen LogP contribution in [-0.4, -0.2) is 47.6 Å². The highest BCUT2D eigenvalue weighted by atomic mass is 15.3. The summed E-state index contributed by atoms with van der Waals surface area (Å²) in [4.78, 5) is 5.51. The van der Waals surface area contributed by atoms with E-state index in [0.29, 0.717) is 11.0 Å². The van der Waals surface area contributed by atoms with Gasteiger partial charge in [0.25, 0.3) is 0 Å². The maximum absolute atomic E-state index is 2.84. The first-order chi connectivity index (χ1) is 11.3. The molecule has 2 heterocycles. The Bertz CT molecular complexity index is 447. The number of likely N-dealkylation sites (tertiary alicyclic amines) is 2. The van der Waals surface area contributed by atoms with Crippen LogP contribution in [0.5, 0.6) is 0 Å². The molecule has 0 bridgehead atoms. The number of nitrogens with zero attached hydrogens (tertiary/aromatic N) is 2. The van der Waals surface area contributed by atoms with Crippen molar-refractivity contribution in [2.75, 3.05) is 26.2 Å². The minimum Gasteiger partial charge on any atom is -0.300 e. The van der Waals surface area contributed by atoms with Gasteiger partial charge in [-0.05, 0) is 83.0 Å². The molecule has 2 nitrogen and oxygen atoms in total. The third kappa shape index (κ3) is 3.07. The minimum absolute atomic E-state index is 0.431. The molecule has 2 spiro atoms. The molecule has 0 aromatic rings. The summed E-state index contributed by atoms with van der Waals surface area (Å²) >= 11 is 0. The molecule has 2 aliphatic carbocycles. The second kappa shape index (κ2) is 5.98. The van der Waals surface area contributed by atoms with E-state index in [0.717, 1.165) is 17.4 Å². The molecule has 24 heavy (non-hydrogen) atoms. The van der Waals surface area contributed by atoms with E-state index in [2.05, 4.69) is 37.5 Å². The van der Waals surface area contributed by atoms with Crippen molar-refractivity contribution in [3.63, 3.8) is 0 Å². The molecule has 0 aromatic heterocycles. The Morgan fingerprint density at radius 3 is 2.21 bits per heavy atom. The topological polar surface area (TPSA) is 6.48 Å². The molecular formula is C22H40N2. The van der Waals surface area contributed by atoms with Crippen LogP contribution in [-0.2, 0) is 0 Å². The van der Waals surface area contributed by atoms with Crippen LogP contribution in [0.1, 0.15) is 85.5 Å². The second-order valence-electron chi connectivity index (χ2n) is 11.0. The monoisotopic (exact) mass is 332 g/mol. The van der Waals surface area contributed by atoms with Gasteiger partial charge in [0.2, 0.25) is 0 Å². The summed E-state index contributed by atoms with van der Waals surface area (Å²) in [5.74, 6) is 0.984. The van der Waals surface area contributed by atoms with Gasteiger partial charge in [-0.25, -0.2) is 0 Å². The van der Waals surface area contributed by atoms with Gasteiger partial charge in [-0.3, -0.25) is 9.80 Å². The van der Waals surface area contributed by atoms with E-state index >= 15 is 0 Å². The summed E-state index contributed by atoms with van der Waals surface area (Å²) in [5, 5.41) is 0. The van der Waals surface area contributed by atoms with Crippen LogP contribution in [0.3, 0.4) is 0 Å². The maximum atomic E-state index is 2.84. The molecule has 2 saturated carbocycles. The van der Waals surface area contributed by atoms with E-state index in [1.165, 1.54) is 84.0 Å². The Morgan fingerprint density at radius 1 is 0.917 bits per heavy atom. The highest BCUT2D eigenvalue weighted by molar-refractivity contribution is 5.05. The zero-order valence-electron chi connectivity index (χ0n) is 16.7. The molecule has 4 fully saturated rings. The summed E-state index contributed by atoms with van der Waals surface area (Å²) < 4.78 is 0. The van der Waals surface area contributed by atoms with Gasteiger partial charge >= 0.3 is 0 Å². The lowest BCUT2D eigenvalue weighted by Gasteiger charge is -2.59. The lowest BCUT2D eigenvalue weighted by Crippen LogP contribution is -2.64.